The number of fused-ring (bicyclic) bond motifs is 11. The van der Waals surface area contributed by atoms with Gasteiger partial charge in [-0.15, -0.1) is 0 Å². The molecule has 12 aromatic rings. The van der Waals surface area contributed by atoms with Gasteiger partial charge >= 0.3 is 0 Å². The molecule has 2 heterocycles. The fourth-order valence-electron chi connectivity index (χ4n) is 9.19. The van der Waals surface area contributed by atoms with E-state index < -0.39 is 0 Å². The maximum Gasteiger partial charge on any atom is 0.0987 e. The zero-order chi connectivity index (χ0) is 39.6. The Morgan fingerprint density at radius 3 is 1.25 bits per heavy atom. The summed E-state index contributed by atoms with van der Waals surface area (Å²) in [6.07, 6.45) is 0. The lowest BCUT2D eigenvalue weighted by atomic mass is 9.91. The minimum atomic E-state index is 0.849. The summed E-state index contributed by atoms with van der Waals surface area (Å²) >= 11 is 0. The molecule has 10 aromatic carbocycles. The number of benzene rings is 10. The third kappa shape index (κ3) is 5.48. The van der Waals surface area contributed by atoms with E-state index in [4.69, 9.17) is 15.0 Å². The van der Waals surface area contributed by atoms with Crippen LogP contribution in [0.2, 0.25) is 0 Å². The van der Waals surface area contributed by atoms with Gasteiger partial charge in [-0.05, 0) is 67.2 Å². The smallest absolute Gasteiger partial charge is 0.0987 e. The molecule has 278 valence electrons. The first kappa shape index (κ1) is 34.1. The summed E-state index contributed by atoms with van der Waals surface area (Å²) in [6, 6.07) is 75.5. The molecule has 0 saturated carbocycles. The molecule has 2 aromatic heterocycles. The molecule has 0 spiro atoms. The lowest BCUT2D eigenvalue weighted by Gasteiger charge is -2.18. The second kappa shape index (κ2) is 13.8. The Morgan fingerprint density at radius 1 is 0.233 bits per heavy atom. The number of nitrogens with zero attached hydrogens (tertiary/aromatic N) is 3. The number of hydrogen-bond acceptors (Lipinski definition) is 3. The second-order valence-corrected chi connectivity index (χ2v) is 15.5. The van der Waals surface area contributed by atoms with Crippen molar-refractivity contribution in [1.29, 1.82) is 0 Å². The normalized spacial score (nSPS) is 11.7. The first-order valence-electron chi connectivity index (χ1n) is 20.4. The van der Waals surface area contributed by atoms with Crippen LogP contribution in [0.15, 0.2) is 212 Å². The maximum atomic E-state index is 5.67. The molecule has 12 rings (SSSR count). The van der Waals surface area contributed by atoms with E-state index in [1.165, 1.54) is 37.9 Å². The van der Waals surface area contributed by atoms with Crippen LogP contribution in [-0.4, -0.2) is 15.0 Å². The van der Waals surface area contributed by atoms with Crippen LogP contribution < -0.4 is 0 Å². The van der Waals surface area contributed by atoms with Crippen LogP contribution in [-0.2, 0) is 0 Å². The summed E-state index contributed by atoms with van der Waals surface area (Å²) in [7, 11) is 0. The molecule has 0 aliphatic rings. The van der Waals surface area contributed by atoms with Crippen LogP contribution in [0.1, 0.15) is 0 Å². The van der Waals surface area contributed by atoms with Crippen LogP contribution in [0.4, 0.5) is 0 Å². The fourth-order valence-corrected chi connectivity index (χ4v) is 9.19. The monoisotopic (exact) mass is 761 g/mol. The molecule has 0 amide bonds. The van der Waals surface area contributed by atoms with Gasteiger partial charge in [-0.1, -0.05) is 194 Å². The summed E-state index contributed by atoms with van der Waals surface area (Å²) in [6.45, 7) is 0. The highest BCUT2D eigenvalue weighted by molar-refractivity contribution is 6.26. The van der Waals surface area contributed by atoms with Crippen molar-refractivity contribution in [3.05, 3.63) is 212 Å². The van der Waals surface area contributed by atoms with Gasteiger partial charge in [-0.25, -0.2) is 15.0 Å². The Labute approximate surface area is 346 Å². The number of para-hydroxylation sites is 1. The van der Waals surface area contributed by atoms with Crippen molar-refractivity contribution >= 4 is 65.0 Å². The lowest BCUT2D eigenvalue weighted by molar-refractivity contribution is 1.30. The van der Waals surface area contributed by atoms with Crippen molar-refractivity contribution in [3.63, 3.8) is 0 Å². The number of pyridine rings is 1. The van der Waals surface area contributed by atoms with Crippen LogP contribution in [0.25, 0.3) is 121 Å². The first-order chi connectivity index (χ1) is 29.8. The Kier molecular flexibility index (Phi) is 7.85. The molecule has 60 heavy (non-hydrogen) atoms. The van der Waals surface area contributed by atoms with Gasteiger partial charge in [0.25, 0.3) is 0 Å². The van der Waals surface area contributed by atoms with Crippen molar-refractivity contribution < 1.29 is 0 Å². The average Bonchev–Trinajstić information content (AvgIpc) is 3.33. The zero-order valence-corrected chi connectivity index (χ0v) is 32.5. The van der Waals surface area contributed by atoms with Gasteiger partial charge in [0.2, 0.25) is 0 Å². The SMILES string of the molecule is c1ccc(-c2nc3c(-c4ccc(-c5ccc6c7ccccc7c7ccccc7c6c5)cc4)cc4c(-c5ccccc5)nc5ccccc5c4c3nc2-c2ccccc2)cc1. The molecular formula is C57H35N3. The molecule has 0 N–H and O–H groups in total. The van der Waals surface area contributed by atoms with E-state index in [1.807, 2.05) is 12.1 Å². The van der Waals surface area contributed by atoms with Crippen LogP contribution >= 0.6 is 0 Å². The summed E-state index contributed by atoms with van der Waals surface area (Å²) in [5.74, 6) is 0. The van der Waals surface area contributed by atoms with Gasteiger partial charge < -0.3 is 0 Å². The van der Waals surface area contributed by atoms with Gasteiger partial charge in [0.05, 0.1) is 33.6 Å². The largest absolute Gasteiger partial charge is 0.247 e. The minimum Gasteiger partial charge on any atom is -0.247 e. The van der Waals surface area contributed by atoms with Crippen molar-refractivity contribution in [1.82, 2.24) is 15.0 Å². The van der Waals surface area contributed by atoms with Crippen molar-refractivity contribution in [3.8, 4) is 56.0 Å². The predicted molar refractivity (Wildman–Crippen MR) is 252 cm³/mol. The van der Waals surface area contributed by atoms with Gasteiger partial charge in [-0.3, -0.25) is 0 Å². The molecule has 0 atom stereocenters. The number of rotatable bonds is 5. The summed E-state index contributed by atoms with van der Waals surface area (Å²) in [4.78, 5) is 16.6. The molecule has 3 nitrogen and oxygen atoms in total. The topological polar surface area (TPSA) is 38.7 Å². The van der Waals surface area contributed by atoms with Crippen molar-refractivity contribution in [2.45, 2.75) is 0 Å². The molecule has 3 heteroatoms. The number of hydrogen-bond donors (Lipinski definition) is 0. The number of aromatic nitrogens is 3. The summed E-state index contributed by atoms with van der Waals surface area (Å²) in [5.41, 5.74) is 12.8. The highest BCUT2D eigenvalue weighted by atomic mass is 14.8. The Hall–Kier alpha value is -8.01. The van der Waals surface area contributed by atoms with Crippen molar-refractivity contribution in [2.75, 3.05) is 0 Å². The third-order valence-corrected chi connectivity index (χ3v) is 12.0. The lowest BCUT2D eigenvalue weighted by Crippen LogP contribution is -2.00. The van der Waals surface area contributed by atoms with Gasteiger partial charge in [0, 0.05) is 38.4 Å². The molecular weight excluding hydrogens is 727 g/mol. The second-order valence-electron chi connectivity index (χ2n) is 15.5. The van der Waals surface area contributed by atoms with E-state index in [1.54, 1.807) is 0 Å². The Morgan fingerprint density at radius 2 is 0.667 bits per heavy atom. The summed E-state index contributed by atoms with van der Waals surface area (Å²) < 4.78 is 0. The quantitative estimate of drug-likeness (QED) is 0.164. The van der Waals surface area contributed by atoms with Crippen LogP contribution in [0.5, 0.6) is 0 Å². The molecule has 0 bridgehead atoms. The molecule has 0 fully saturated rings. The van der Waals surface area contributed by atoms with E-state index in [-0.39, 0.29) is 0 Å². The van der Waals surface area contributed by atoms with Crippen LogP contribution in [0.3, 0.4) is 0 Å². The van der Waals surface area contributed by atoms with E-state index in [9.17, 15) is 0 Å². The van der Waals surface area contributed by atoms with E-state index in [0.29, 0.717) is 0 Å². The Bertz CT molecular complexity index is 3580. The molecule has 0 radical (unpaired) electrons. The third-order valence-electron chi connectivity index (χ3n) is 12.0. The van der Waals surface area contributed by atoms with Gasteiger partial charge in [-0.2, -0.15) is 0 Å². The van der Waals surface area contributed by atoms with Gasteiger partial charge in [0.15, 0.2) is 0 Å². The van der Waals surface area contributed by atoms with Crippen LogP contribution in [0, 0.1) is 0 Å². The first-order valence-corrected chi connectivity index (χ1v) is 20.4. The molecule has 0 unspecified atom stereocenters. The Balaban J connectivity index is 1.13. The van der Waals surface area contributed by atoms with Crippen molar-refractivity contribution in [2.24, 2.45) is 0 Å². The maximum absolute atomic E-state index is 5.67. The minimum absolute atomic E-state index is 0.849. The highest BCUT2D eigenvalue weighted by Gasteiger charge is 2.22. The molecule has 0 saturated heterocycles. The predicted octanol–water partition coefficient (Wildman–Crippen LogP) is 15.1. The fraction of sp³-hybridized carbons (Fsp3) is 0. The molecule has 0 aliphatic carbocycles. The van der Waals surface area contributed by atoms with E-state index >= 15 is 0 Å². The van der Waals surface area contributed by atoms with Gasteiger partial charge in [0.1, 0.15) is 0 Å². The zero-order valence-electron chi connectivity index (χ0n) is 32.5. The average molecular weight is 762 g/mol. The highest BCUT2D eigenvalue weighted by Crippen LogP contribution is 2.44. The molecule has 0 aliphatic heterocycles. The van der Waals surface area contributed by atoms with E-state index in [2.05, 4.69) is 200 Å². The summed E-state index contributed by atoms with van der Waals surface area (Å²) in [5, 5.41) is 10.8. The standard InChI is InChI=1S/C57H35N3/c1-4-16-38(17-5-1)53-50-35-48(37-30-28-36(29-31-37)41-32-33-46-44-24-11-10-22-42(44)43-23-12-13-25-45(43)49(46)34-41)56-57(52(50)47-26-14-15-27-51(47)58-53)60-55(40-20-8-3-9-21-40)54(59-56)39-18-6-2-7-19-39/h1-35H. The van der Waals surface area contributed by atoms with E-state index in [0.717, 1.165) is 83.2 Å².